The number of benzene rings is 2. The van der Waals surface area contributed by atoms with Gasteiger partial charge < -0.3 is 10.4 Å². The number of hydrogen-bond acceptors (Lipinski definition) is 5. The van der Waals surface area contributed by atoms with Crippen LogP contribution in [-0.4, -0.2) is 17.1 Å². The van der Waals surface area contributed by atoms with Crippen LogP contribution in [0, 0.1) is 10.1 Å². The van der Waals surface area contributed by atoms with Crippen LogP contribution < -0.4 is 5.32 Å². The molecule has 0 spiro atoms. The normalized spacial score (nSPS) is 11.4. The number of halogens is 3. The molecule has 0 unspecified atom stereocenters. The average Bonchev–Trinajstić information content (AvgIpc) is 2.97. The quantitative estimate of drug-likeness (QED) is 0.436. The molecule has 2 aromatic carbocycles. The van der Waals surface area contributed by atoms with Gasteiger partial charge in [0.1, 0.15) is 10.8 Å². The first-order valence-electron chi connectivity index (χ1n) is 7.69. The molecule has 0 saturated carbocycles. The third-order valence-corrected chi connectivity index (χ3v) is 5.16. The molecule has 0 aliphatic carbocycles. The second kappa shape index (κ2) is 6.92. The summed E-state index contributed by atoms with van der Waals surface area (Å²) in [6, 6.07) is 10.4. The summed E-state index contributed by atoms with van der Waals surface area (Å²) in [6.07, 6.45) is -4.53. The van der Waals surface area contributed by atoms with E-state index >= 15 is 0 Å². The van der Waals surface area contributed by atoms with E-state index in [1.807, 2.05) is 0 Å². The summed E-state index contributed by atoms with van der Waals surface area (Å²) in [6.45, 7) is 0. The van der Waals surface area contributed by atoms with Crippen molar-refractivity contribution in [3.05, 3.63) is 64.2 Å². The summed E-state index contributed by atoms with van der Waals surface area (Å²) in [7, 11) is 1.56. The number of nitro groups is 1. The zero-order valence-corrected chi connectivity index (χ0v) is 14.7. The van der Waals surface area contributed by atoms with Crippen LogP contribution >= 0.6 is 11.3 Å². The van der Waals surface area contributed by atoms with Crippen LogP contribution in [0.5, 0.6) is 5.75 Å². The fourth-order valence-corrected chi connectivity index (χ4v) is 3.83. The topological polar surface area (TPSA) is 75.4 Å². The average molecular weight is 394 g/mol. The fraction of sp³-hybridized carbons (Fsp3) is 0.111. The van der Waals surface area contributed by atoms with Crippen LogP contribution in [0.1, 0.15) is 5.56 Å². The predicted molar refractivity (Wildman–Crippen MR) is 98.1 cm³/mol. The molecule has 0 saturated heterocycles. The molecule has 0 fully saturated rings. The molecule has 2 N–H and O–H groups in total. The Hall–Kier alpha value is -3.07. The van der Waals surface area contributed by atoms with Gasteiger partial charge in [0.25, 0.3) is 5.69 Å². The van der Waals surface area contributed by atoms with Crippen molar-refractivity contribution in [2.75, 3.05) is 12.4 Å². The monoisotopic (exact) mass is 394 g/mol. The number of thiophene rings is 1. The van der Waals surface area contributed by atoms with Gasteiger partial charge in [-0.2, -0.15) is 13.2 Å². The van der Waals surface area contributed by atoms with Gasteiger partial charge in [-0.05, 0) is 23.8 Å². The van der Waals surface area contributed by atoms with Crippen molar-refractivity contribution in [1.29, 1.82) is 0 Å². The molecule has 3 aromatic rings. The van der Waals surface area contributed by atoms with Gasteiger partial charge in [0.15, 0.2) is 0 Å². The third-order valence-electron chi connectivity index (χ3n) is 3.93. The first-order valence-corrected chi connectivity index (χ1v) is 8.50. The van der Waals surface area contributed by atoms with Crippen molar-refractivity contribution in [2.45, 2.75) is 6.18 Å². The van der Waals surface area contributed by atoms with Gasteiger partial charge in [-0.15, -0.1) is 11.3 Å². The van der Waals surface area contributed by atoms with Crippen LogP contribution in [0.3, 0.4) is 0 Å². The van der Waals surface area contributed by atoms with E-state index in [4.69, 9.17) is 0 Å². The Morgan fingerprint density at radius 3 is 2.48 bits per heavy atom. The number of alkyl halides is 3. The molecule has 1 aromatic heterocycles. The number of para-hydroxylation sites is 1. The van der Waals surface area contributed by atoms with Crippen LogP contribution in [-0.2, 0) is 6.18 Å². The molecule has 9 heteroatoms. The van der Waals surface area contributed by atoms with Gasteiger partial charge in [-0.1, -0.05) is 24.3 Å². The molecule has 0 amide bonds. The zero-order chi connectivity index (χ0) is 19.8. The molecule has 3 rings (SSSR count). The predicted octanol–water partition coefficient (Wildman–Crippen LogP) is 5.76. The van der Waals surface area contributed by atoms with E-state index in [1.165, 1.54) is 30.3 Å². The maximum absolute atomic E-state index is 13.0. The highest BCUT2D eigenvalue weighted by molar-refractivity contribution is 7.20. The summed E-state index contributed by atoms with van der Waals surface area (Å²) < 4.78 is 39.1. The summed E-state index contributed by atoms with van der Waals surface area (Å²) in [5.41, 5.74) is -0.526. The maximum atomic E-state index is 13.0. The minimum absolute atomic E-state index is 0.160. The first kappa shape index (κ1) is 18.7. The van der Waals surface area contributed by atoms with Gasteiger partial charge in [-0.3, -0.25) is 10.1 Å². The Morgan fingerprint density at radius 2 is 1.85 bits per heavy atom. The van der Waals surface area contributed by atoms with Crippen LogP contribution in [0.4, 0.5) is 23.9 Å². The highest BCUT2D eigenvalue weighted by Crippen LogP contribution is 2.52. The SMILES string of the molecule is CNc1sc(-c2ccccc2[N+](=O)[O-])c(O)c1-c1cccc(C(F)(F)F)c1. The highest BCUT2D eigenvalue weighted by atomic mass is 32.1. The number of rotatable bonds is 4. The molecule has 5 nitrogen and oxygen atoms in total. The largest absolute Gasteiger partial charge is 0.506 e. The van der Waals surface area contributed by atoms with Crippen molar-refractivity contribution >= 4 is 22.0 Å². The number of aromatic hydroxyl groups is 1. The lowest BCUT2D eigenvalue weighted by Crippen LogP contribution is -2.04. The van der Waals surface area contributed by atoms with Gasteiger partial charge >= 0.3 is 6.18 Å². The van der Waals surface area contributed by atoms with E-state index in [2.05, 4.69) is 5.32 Å². The summed E-state index contributed by atoms with van der Waals surface area (Å²) >= 11 is 1.03. The molecular formula is C18H13F3N2O3S. The minimum atomic E-state index is -4.53. The Bertz CT molecular complexity index is 1020. The molecule has 27 heavy (non-hydrogen) atoms. The lowest BCUT2D eigenvalue weighted by Gasteiger charge is -2.10. The maximum Gasteiger partial charge on any atom is 0.416 e. The number of nitrogens with one attached hydrogen (secondary N) is 1. The second-order valence-electron chi connectivity index (χ2n) is 5.59. The number of hydrogen-bond donors (Lipinski definition) is 2. The van der Waals surface area contributed by atoms with Crippen molar-refractivity contribution < 1.29 is 23.2 Å². The van der Waals surface area contributed by atoms with Gasteiger partial charge in [0.2, 0.25) is 0 Å². The smallest absolute Gasteiger partial charge is 0.416 e. The number of nitro benzene ring substituents is 1. The van der Waals surface area contributed by atoms with Gasteiger partial charge in [0.05, 0.1) is 26.5 Å². The summed E-state index contributed by atoms with van der Waals surface area (Å²) in [5.74, 6) is -0.307. The highest BCUT2D eigenvalue weighted by Gasteiger charge is 2.31. The van der Waals surface area contributed by atoms with Crippen molar-refractivity contribution in [3.8, 4) is 27.3 Å². The van der Waals surface area contributed by atoms with Crippen molar-refractivity contribution in [3.63, 3.8) is 0 Å². The Labute approximate surface area is 155 Å². The zero-order valence-electron chi connectivity index (χ0n) is 13.9. The van der Waals surface area contributed by atoms with Crippen molar-refractivity contribution in [2.24, 2.45) is 0 Å². The molecule has 0 atom stereocenters. The third kappa shape index (κ3) is 3.45. The number of nitrogens with zero attached hydrogens (tertiary/aromatic N) is 1. The molecule has 0 bridgehead atoms. The van der Waals surface area contributed by atoms with E-state index in [0.717, 1.165) is 23.5 Å². The fourth-order valence-electron chi connectivity index (χ4n) is 2.72. The Morgan fingerprint density at radius 1 is 1.15 bits per heavy atom. The second-order valence-corrected chi connectivity index (χ2v) is 6.61. The molecule has 0 aliphatic heterocycles. The molecule has 0 aliphatic rings. The first-order chi connectivity index (χ1) is 12.7. The summed E-state index contributed by atoms with van der Waals surface area (Å²) in [5, 5.41) is 25.2. The van der Waals surface area contributed by atoms with E-state index < -0.39 is 16.7 Å². The minimum Gasteiger partial charge on any atom is -0.506 e. The van der Waals surface area contributed by atoms with Crippen LogP contribution in [0.2, 0.25) is 0 Å². The van der Waals surface area contributed by atoms with E-state index in [-0.39, 0.29) is 33.0 Å². The van der Waals surface area contributed by atoms with Gasteiger partial charge in [0, 0.05) is 13.1 Å². The summed E-state index contributed by atoms with van der Waals surface area (Å²) in [4.78, 5) is 10.9. The lowest BCUT2D eigenvalue weighted by atomic mass is 10.0. The molecule has 1 heterocycles. The lowest BCUT2D eigenvalue weighted by molar-refractivity contribution is -0.384. The number of anilines is 1. The van der Waals surface area contributed by atoms with E-state index in [1.54, 1.807) is 13.1 Å². The van der Waals surface area contributed by atoms with Gasteiger partial charge in [-0.25, -0.2) is 0 Å². The van der Waals surface area contributed by atoms with Crippen molar-refractivity contribution in [1.82, 2.24) is 0 Å². The Kier molecular flexibility index (Phi) is 4.79. The molecule has 0 radical (unpaired) electrons. The standard InChI is InChI=1S/C18H13F3N2O3S/c1-22-17-14(10-5-4-6-11(9-10)18(19,20)21)15(24)16(27-17)12-7-2-3-8-13(12)23(25)26/h2-9,22,24H,1H3. The van der Waals surface area contributed by atoms with Crippen LogP contribution in [0.25, 0.3) is 21.6 Å². The molecular weight excluding hydrogens is 381 g/mol. The van der Waals surface area contributed by atoms with E-state index in [0.29, 0.717) is 5.00 Å². The van der Waals surface area contributed by atoms with E-state index in [9.17, 15) is 28.4 Å². The Balaban J connectivity index is 2.22. The van der Waals surface area contributed by atoms with Crippen LogP contribution in [0.15, 0.2) is 48.5 Å². The molecule has 140 valence electrons.